The van der Waals surface area contributed by atoms with E-state index in [9.17, 15) is 8.42 Å². The van der Waals surface area contributed by atoms with Gasteiger partial charge in [-0.1, -0.05) is 6.92 Å². The number of sulfonamides is 1. The van der Waals surface area contributed by atoms with Crippen molar-refractivity contribution in [3.05, 3.63) is 18.3 Å². The van der Waals surface area contributed by atoms with E-state index in [0.717, 1.165) is 6.42 Å². The second-order valence-electron chi connectivity index (χ2n) is 4.10. The van der Waals surface area contributed by atoms with Crippen LogP contribution in [0.15, 0.2) is 23.4 Å². The van der Waals surface area contributed by atoms with Crippen molar-refractivity contribution in [3.63, 3.8) is 0 Å². The highest BCUT2D eigenvalue weighted by atomic mass is 32.2. The number of anilines is 1. The lowest BCUT2D eigenvalue weighted by atomic mass is 10.4. The van der Waals surface area contributed by atoms with Gasteiger partial charge in [-0.05, 0) is 18.6 Å². The zero-order chi connectivity index (χ0) is 14.3. The first-order chi connectivity index (χ1) is 9.04. The molecule has 1 heterocycles. The third kappa shape index (κ3) is 4.15. The Morgan fingerprint density at radius 2 is 2.21 bits per heavy atom. The standard InChI is InChI=1S/C12H21N3O3S/c1-4-7-13-11-6-5-8-14-12(11)19(16,17)15(2)9-10-18-3/h5-6,8,13H,4,7,9-10H2,1-3H3. The number of ether oxygens (including phenoxy) is 1. The van der Waals surface area contributed by atoms with Gasteiger partial charge in [0.15, 0.2) is 5.03 Å². The van der Waals surface area contributed by atoms with Crippen molar-refractivity contribution in [2.45, 2.75) is 18.4 Å². The number of methoxy groups -OCH3 is 1. The Morgan fingerprint density at radius 3 is 2.84 bits per heavy atom. The van der Waals surface area contributed by atoms with Gasteiger partial charge < -0.3 is 10.1 Å². The zero-order valence-electron chi connectivity index (χ0n) is 11.6. The molecule has 7 heteroatoms. The Labute approximate surface area is 114 Å². The van der Waals surface area contributed by atoms with E-state index < -0.39 is 10.0 Å². The maximum atomic E-state index is 12.4. The molecule has 1 rings (SSSR count). The molecule has 0 aliphatic carbocycles. The number of aromatic nitrogens is 1. The Hall–Kier alpha value is -1.18. The number of nitrogens with zero attached hydrogens (tertiary/aromatic N) is 2. The number of pyridine rings is 1. The fourth-order valence-electron chi connectivity index (χ4n) is 1.48. The number of nitrogens with one attached hydrogen (secondary N) is 1. The molecule has 0 saturated heterocycles. The first-order valence-electron chi connectivity index (χ1n) is 6.18. The van der Waals surface area contributed by atoms with E-state index in [-0.39, 0.29) is 5.03 Å². The van der Waals surface area contributed by atoms with E-state index >= 15 is 0 Å². The molecule has 0 atom stereocenters. The van der Waals surface area contributed by atoms with Gasteiger partial charge >= 0.3 is 0 Å². The average Bonchev–Trinajstić information content (AvgIpc) is 2.42. The van der Waals surface area contributed by atoms with Gasteiger partial charge in [-0.15, -0.1) is 0 Å². The highest BCUT2D eigenvalue weighted by molar-refractivity contribution is 7.89. The number of hydrogen-bond acceptors (Lipinski definition) is 5. The van der Waals surface area contributed by atoms with Gasteiger partial charge in [0.1, 0.15) is 0 Å². The average molecular weight is 287 g/mol. The smallest absolute Gasteiger partial charge is 0.262 e. The summed E-state index contributed by atoms with van der Waals surface area (Å²) in [5.41, 5.74) is 0.536. The van der Waals surface area contributed by atoms with E-state index in [0.29, 0.717) is 25.4 Å². The summed E-state index contributed by atoms with van der Waals surface area (Å²) in [5, 5.41) is 3.14. The first-order valence-corrected chi connectivity index (χ1v) is 7.62. The summed E-state index contributed by atoms with van der Waals surface area (Å²) in [6, 6.07) is 3.44. The van der Waals surface area contributed by atoms with Gasteiger partial charge in [0.2, 0.25) is 0 Å². The minimum atomic E-state index is -3.59. The molecular weight excluding hydrogens is 266 g/mol. The molecule has 0 unspecified atom stereocenters. The van der Waals surface area contributed by atoms with Crippen molar-refractivity contribution >= 4 is 15.7 Å². The van der Waals surface area contributed by atoms with Gasteiger partial charge in [-0.2, -0.15) is 4.31 Å². The van der Waals surface area contributed by atoms with Crippen molar-refractivity contribution in [2.75, 3.05) is 39.2 Å². The van der Waals surface area contributed by atoms with Crippen LogP contribution < -0.4 is 5.32 Å². The number of rotatable bonds is 8. The molecule has 108 valence electrons. The predicted molar refractivity (Wildman–Crippen MR) is 74.7 cm³/mol. The van der Waals surface area contributed by atoms with Crippen molar-refractivity contribution in [3.8, 4) is 0 Å². The second kappa shape index (κ2) is 7.42. The Bertz CT molecular complexity index is 491. The summed E-state index contributed by atoms with van der Waals surface area (Å²) in [4.78, 5) is 4.00. The van der Waals surface area contributed by atoms with Crippen LogP contribution in [0.5, 0.6) is 0 Å². The molecule has 0 saturated carbocycles. The van der Waals surface area contributed by atoms with Gasteiger partial charge in [0.05, 0.1) is 12.3 Å². The summed E-state index contributed by atoms with van der Waals surface area (Å²) in [5.74, 6) is 0. The fourth-order valence-corrected chi connectivity index (χ4v) is 2.70. The molecule has 0 aliphatic heterocycles. The van der Waals surface area contributed by atoms with Crippen molar-refractivity contribution < 1.29 is 13.2 Å². The Kier molecular flexibility index (Phi) is 6.20. The predicted octanol–water partition coefficient (Wildman–Crippen LogP) is 1.17. The minimum Gasteiger partial charge on any atom is -0.383 e. The maximum Gasteiger partial charge on any atom is 0.262 e. The summed E-state index contributed by atoms with van der Waals surface area (Å²) in [6.45, 7) is 3.36. The highest BCUT2D eigenvalue weighted by Crippen LogP contribution is 2.21. The Morgan fingerprint density at radius 1 is 1.47 bits per heavy atom. The number of hydrogen-bond donors (Lipinski definition) is 1. The molecule has 0 aliphatic rings. The van der Waals surface area contributed by atoms with Crippen LogP contribution in [0.4, 0.5) is 5.69 Å². The van der Waals surface area contributed by atoms with E-state index in [4.69, 9.17) is 4.74 Å². The molecule has 1 aromatic heterocycles. The monoisotopic (exact) mass is 287 g/mol. The van der Waals surface area contributed by atoms with Crippen molar-refractivity contribution in [1.82, 2.24) is 9.29 Å². The summed E-state index contributed by atoms with van der Waals surface area (Å²) in [7, 11) is -0.535. The topological polar surface area (TPSA) is 71.5 Å². The third-order valence-corrected chi connectivity index (χ3v) is 4.42. The summed E-state index contributed by atoms with van der Waals surface area (Å²) < 4.78 is 30.9. The van der Waals surface area contributed by atoms with Crippen LogP contribution in [0, 0.1) is 0 Å². The van der Waals surface area contributed by atoms with Crippen LogP contribution in [-0.4, -0.2) is 51.6 Å². The molecule has 0 fully saturated rings. The SMILES string of the molecule is CCCNc1cccnc1S(=O)(=O)N(C)CCOC. The molecule has 0 bridgehead atoms. The summed E-state index contributed by atoms with van der Waals surface area (Å²) in [6.07, 6.45) is 2.39. The van der Waals surface area contributed by atoms with Gasteiger partial charge in [0.25, 0.3) is 10.0 Å². The molecule has 19 heavy (non-hydrogen) atoms. The molecule has 0 spiro atoms. The molecule has 1 aromatic rings. The van der Waals surface area contributed by atoms with Crippen LogP contribution in [0.2, 0.25) is 0 Å². The second-order valence-corrected chi connectivity index (χ2v) is 6.06. The van der Waals surface area contributed by atoms with Crippen LogP contribution in [0.25, 0.3) is 0 Å². The molecular formula is C12H21N3O3S. The lowest BCUT2D eigenvalue weighted by Crippen LogP contribution is -2.31. The normalized spacial score (nSPS) is 11.8. The van der Waals surface area contributed by atoms with Gasteiger partial charge in [0, 0.05) is 33.4 Å². The maximum absolute atomic E-state index is 12.4. The molecule has 0 amide bonds. The molecule has 1 N–H and O–H groups in total. The molecule has 0 radical (unpaired) electrons. The molecule has 6 nitrogen and oxygen atoms in total. The van der Waals surface area contributed by atoms with Crippen LogP contribution >= 0.6 is 0 Å². The largest absolute Gasteiger partial charge is 0.383 e. The van der Waals surface area contributed by atoms with Crippen molar-refractivity contribution in [1.29, 1.82) is 0 Å². The van der Waals surface area contributed by atoms with Crippen molar-refractivity contribution in [2.24, 2.45) is 0 Å². The summed E-state index contributed by atoms with van der Waals surface area (Å²) >= 11 is 0. The fraction of sp³-hybridized carbons (Fsp3) is 0.583. The van der Waals surface area contributed by atoms with E-state index in [2.05, 4.69) is 10.3 Å². The van der Waals surface area contributed by atoms with Crippen LogP contribution in [0.3, 0.4) is 0 Å². The Balaban J connectivity index is 3.00. The van der Waals surface area contributed by atoms with Crippen LogP contribution in [-0.2, 0) is 14.8 Å². The minimum absolute atomic E-state index is 0.0575. The number of likely N-dealkylation sites (N-methyl/N-ethyl adjacent to an activating group) is 1. The zero-order valence-corrected chi connectivity index (χ0v) is 12.4. The quantitative estimate of drug-likeness (QED) is 0.777. The lowest BCUT2D eigenvalue weighted by Gasteiger charge is -2.18. The van der Waals surface area contributed by atoms with E-state index in [1.807, 2.05) is 6.92 Å². The first kappa shape index (κ1) is 15.9. The van der Waals surface area contributed by atoms with Crippen LogP contribution in [0.1, 0.15) is 13.3 Å². The third-order valence-electron chi connectivity index (χ3n) is 2.60. The lowest BCUT2D eigenvalue weighted by molar-refractivity contribution is 0.185. The van der Waals surface area contributed by atoms with Gasteiger partial charge in [-0.3, -0.25) is 0 Å². The highest BCUT2D eigenvalue weighted by Gasteiger charge is 2.25. The van der Waals surface area contributed by atoms with E-state index in [1.165, 1.54) is 24.7 Å². The van der Waals surface area contributed by atoms with Gasteiger partial charge in [-0.25, -0.2) is 13.4 Å². The molecule has 0 aromatic carbocycles. The van der Waals surface area contributed by atoms with E-state index in [1.54, 1.807) is 12.1 Å².